The molecule has 17 heavy (non-hydrogen) atoms. The molecule has 0 spiro atoms. The number of rotatable bonds is 7. The largest absolute Gasteiger partial charge is 0.309 e. The second-order valence-electron chi connectivity index (χ2n) is 4.90. The first-order valence-corrected chi connectivity index (χ1v) is 6.64. The van der Waals surface area contributed by atoms with Crippen molar-refractivity contribution in [1.82, 2.24) is 10.3 Å². The first kappa shape index (κ1) is 12.5. The van der Waals surface area contributed by atoms with E-state index in [0.29, 0.717) is 0 Å². The molecular formula is C14H21FN2. The summed E-state index contributed by atoms with van der Waals surface area (Å²) in [5, 5.41) is 3.50. The topological polar surface area (TPSA) is 24.9 Å². The van der Waals surface area contributed by atoms with Crippen LogP contribution in [0.25, 0.3) is 0 Å². The summed E-state index contributed by atoms with van der Waals surface area (Å²) in [5.41, 5.74) is 0.945. The van der Waals surface area contributed by atoms with Crippen LogP contribution in [-0.4, -0.2) is 11.5 Å². The Bertz CT molecular complexity index is 333. The van der Waals surface area contributed by atoms with Gasteiger partial charge in [-0.05, 0) is 43.9 Å². The Hall–Kier alpha value is -0.960. The first-order valence-electron chi connectivity index (χ1n) is 6.64. The lowest BCUT2D eigenvalue weighted by atomic mass is 10.1. The molecule has 1 heterocycles. The van der Waals surface area contributed by atoms with Crippen molar-refractivity contribution in [2.45, 2.75) is 45.1 Å². The Morgan fingerprint density at radius 2 is 2.29 bits per heavy atom. The molecule has 0 bridgehead atoms. The minimum absolute atomic E-state index is 0.259. The molecule has 1 saturated carbocycles. The van der Waals surface area contributed by atoms with Crippen LogP contribution < -0.4 is 5.32 Å². The highest BCUT2D eigenvalue weighted by Crippen LogP contribution is 2.33. The Morgan fingerprint density at radius 3 is 2.88 bits per heavy atom. The van der Waals surface area contributed by atoms with Crippen molar-refractivity contribution in [3.63, 3.8) is 0 Å². The average Bonchev–Trinajstić information content (AvgIpc) is 3.15. The van der Waals surface area contributed by atoms with Gasteiger partial charge in [0.1, 0.15) is 5.82 Å². The third kappa shape index (κ3) is 4.08. The standard InChI is InChI=1S/C14H21FN2/c1-2-13(14-8-7-12(15)10-17-14)16-9-3-4-11-5-6-11/h7-8,10-11,13,16H,2-6,9H2,1H3. The van der Waals surface area contributed by atoms with Crippen LogP contribution in [0, 0.1) is 11.7 Å². The predicted octanol–water partition coefficient (Wildman–Crippen LogP) is 3.45. The van der Waals surface area contributed by atoms with Crippen molar-refractivity contribution in [1.29, 1.82) is 0 Å². The first-order chi connectivity index (χ1) is 8.29. The highest BCUT2D eigenvalue weighted by atomic mass is 19.1. The fraction of sp³-hybridized carbons (Fsp3) is 0.643. The monoisotopic (exact) mass is 236 g/mol. The Balaban J connectivity index is 1.76. The van der Waals surface area contributed by atoms with Gasteiger partial charge < -0.3 is 5.32 Å². The second kappa shape index (κ2) is 6.10. The number of hydrogen-bond donors (Lipinski definition) is 1. The zero-order valence-corrected chi connectivity index (χ0v) is 10.5. The Labute approximate surface area is 103 Å². The van der Waals surface area contributed by atoms with Gasteiger partial charge in [0.05, 0.1) is 11.9 Å². The maximum Gasteiger partial charge on any atom is 0.141 e. The van der Waals surface area contributed by atoms with Gasteiger partial charge in [-0.15, -0.1) is 0 Å². The minimum atomic E-state index is -0.266. The highest BCUT2D eigenvalue weighted by Gasteiger charge is 2.20. The maximum absolute atomic E-state index is 12.8. The van der Waals surface area contributed by atoms with Crippen molar-refractivity contribution in [3.8, 4) is 0 Å². The van der Waals surface area contributed by atoms with E-state index in [2.05, 4.69) is 17.2 Å². The summed E-state index contributed by atoms with van der Waals surface area (Å²) in [6.07, 6.45) is 7.72. The molecular weight excluding hydrogens is 215 g/mol. The van der Waals surface area contributed by atoms with E-state index in [-0.39, 0.29) is 11.9 Å². The van der Waals surface area contributed by atoms with Crippen molar-refractivity contribution in [3.05, 3.63) is 29.8 Å². The van der Waals surface area contributed by atoms with E-state index in [1.165, 1.54) is 37.9 Å². The normalized spacial score (nSPS) is 17.1. The van der Waals surface area contributed by atoms with Crippen LogP contribution >= 0.6 is 0 Å². The van der Waals surface area contributed by atoms with Gasteiger partial charge in [0, 0.05) is 6.04 Å². The molecule has 0 radical (unpaired) electrons. The number of aromatic nitrogens is 1. The third-order valence-corrected chi connectivity index (χ3v) is 3.39. The van der Waals surface area contributed by atoms with Crippen molar-refractivity contribution >= 4 is 0 Å². The Kier molecular flexibility index (Phi) is 4.49. The quantitative estimate of drug-likeness (QED) is 0.733. The van der Waals surface area contributed by atoms with Gasteiger partial charge >= 0.3 is 0 Å². The Morgan fingerprint density at radius 1 is 1.47 bits per heavy atom. The number of nitrogens with zero attached hydrogens (tertiary/aromatic N) is 1. The summed E-state index contributed by atoms with van der Waals surface area (Å²) in [5.74, 6) is 0.734. The summed E-state index contributed by atoms with van der Waals surface area (Å²) < 4.78 is 12.8. The summed E-state index contributed by atoms with van der Waals surface area (Å²) in [7, 11) is 0. The van der Waals surface area contributed by atoms with Crippen LogP contribution in [0.15, 0.2) is 18.3 Å². The molecule has 1 aliphatic carbocycles. The van der Waals surface area contributed by atoms with E-state index < -0.39 is 0 Å². The van der Waals surface area contributed by atoms with E-state index >= 15 is 0 Å². The SMILES string of the molecule is CCC(NCCCC1CC1)c1ccc(F)cn1. The van der Waals surface area contributed by atoms with Crippen LogP contribution in [0.1, 0.15) is 50.8 Å². The summed E-state index contributed by atoms with van der Waals surface area (Å²) in [6.45, 7) is 3.16. The molecule has 1 atom stereocenters. The lowest BCUT2D eigenvalue weighted by molar-refractivity contribution is 0.484. The van der Waals surface area contributed by atoms with Gasteiger partial charge in [0.25, 0.3) is 0 Å². The second-order valence-corrected chi connectivity index (χ2v) is 4.90. The zero-order valence-electron chi connectivity index (χ0n) is 10.5. The fourth-order valence-electron chi connectivity index (χ4n) is 2.12. The summed E-state index contributed by atoms with van der Waals surface area (Å²) >= 11 is 0. The third-order valence-electron chi connectivity index (χ3n) is 3.39. The molecule has 1 unspecified atom stereocenters. The molecule has 0 aliphatic heterocycles. The number of hydrogen-bond acceptors (Lipinski definition) is 2. The van der Waals surface area contributed by atoms with Crippen LogP contribution in [0.4, 0.5) is 4.39 Å². The molecule has 1 aromatic rings. The molecule has 0 saturated heterocycles. The van der Waals surface area contributed by atoms with Crippen LogP contribution in [0.5, 0.6) is 0 Å². The number of pyridine rings is 1. The fourth-order valence-corrected chi connectivity index (χ4v) is 2.12. The molecule has 1 aliphatic rings. The van der Waals surface area contributed by atoms with Crippen molar-refractivity contribution in [2.24, 2.45) is 5.92 Å². The van der Waals surface area contributed by atoms with E-state index in [4.69, 9.17) is 0 Å². The highest BCUT2D eigenvalue weighted by molar-refractivity contribution is 5.09. The number of nitrogens with one attached hydrogen (secondary N) is 1. The smallest absolute Gasteiger partial charge is 0.141 e. The molecule has 0 amide bonds. The van der Waals surface area contributed by atoms with Crippen molar-refractivity contribution in [2.75, 3.05) is 6.54 Å². The molecule has 1 aromatic heterocycles. The van der Waals surface area contributed by atoms with Gasteiger partial charge in [0.15, 0.2) is 0 Å². The van der Waals surface area contributed by atoms with E-state index in [1.54, 1.807) is 6.07 Å². The summed E-state index contributed by atoms with van der Waals surface area (Å²) in [4.78, 5) is 4.14. The van der Waals surface area contributed by atoms with E-state index in [1.807, 2.05) is 0 Å². The molecule has 0 aromatic carbocycles. The zero-order chi connectivity index (χ0) is 12.1. The average molecular weight is 236 g/mol. The molecule has 94 valence electrons. The van der Waals surface area contributed by atoms with Crippen LogP contribution in [0.3, 0.4) is 0 Å². The van der Waals surface area contributed by atoms with Crippen molar-refractivity contribution < 1.29 is 4.39 Å². The van der Waals surface area contributed by atoms with E-state index in [0.717, 1.165) is 24.6 Å². The lowest BCUT2D eigenvalue weighted by Gasteiger charge is -2.16. The van der Waals surface area contributed by atoms with Gasteiger partial charge in [-0.3, -0.25) is 4.98 Å². The van der Waals surface area contributed by atoms with Gasteiger partial charge in [-0.2, -0.15) is 0 Å². The van der Waals surface area contributed by atoms with Gasteiger partial charge in [0.2, 0.25) is 0 Å². The van der Waals surface area contributed by atoms with Crippen LogP contribution in [0.2, 0.25) is 0 Å². The molecule has 1 fully saturated rings. The predicted molar refractivity (Wildman–Crippen MR) is 67.2 cm³/mol. The summed E-state index contributed by atoms with van der Waals surface area (Å²) in [6, 6.07) is 3.52. The number of halogens is 1. The molecule has 2 rings (SSSR count). The van der Waals surface area contributed by atoms with Gasteiger partial charge in [-0.25, -0.2) is 4.39 Å². The lowest BCUT2D eigenvalue weighted by Crippen LogP contribution is -2.22. The van der Waals surface area contributed by atoms with E-state index in [9.17, 15) is 4.39 Å². The van der Waals surface area contributed by atoms with Crippen LogP contribution in [-0.2, 0) is 0 Å². The minimum Gasteiger partial charge on any atom is -0.309 e. The molecule has 3 heteroatoms. The maximum atomic E-state index is 12.8. The molecule has 2 nitrogen and oxygen atoms in total. The molecule has 1 N–H and O–H groups in total. The van der Waals surface area contributed by atoms with Gasteiger partial charge in [-0.1, -0.05) is 19.8 Å².